The number of nitrogens with one attached hydrogen (secondary N) is 1. The highest BCUT2D eigenvalue weighted by atomic mass is 35.5. The number of rotatable bonds is 5. The maximum absolute atomic E-state index is 11.3. The van der Waals surface area contributed by atoms with E-state index in [9.17, 15) is 4.79 Å². The summed E-state index contributed by atoms with van der Waals surface area (Å²) in [4.78, 5) is 11.3. The minimum atomic E-state index is -0.263. The average molecular weight is 298 g/mol. The van der Waals surface area contributed by atoms with Gasteiger partial charge < -0.3 is 10.1 Å². The molecule has 0 unspecified atom stereocenters. The zero-order valence-electron chi connectivity index (χ0n) is 12.1. The molecule has 4 heteroatoms. The number of aryl methyl sites for hydroxylation is 1. The molecule has 0 aromatic heterocycles. The lowest BCUT2D eigenvalue weighted by Crippen LogP contribution is -2.27. The summed E-state index contributed by atoms with van der Waals surface area (Å²) in [7, 11) is 1.41. The first kappa shape index (κ1) is 17.0. The van der Waals surface area contributed by atoms with Crippen LogP contribution in [0.5, 0.6) is 0 Å². The normalized spacial score (nSPS) is 15.4. The van der Waals surface area contributed by atoms with E-state index in [2.05, 4.69) is 5.32 Å². The molecule has 1 saturated heterocycles. The number of hydrogen-bond donors (Lipinski definition) is 1. The highest BCUT2D eigenvalue weighted by Crippen LogP contribution is 2.19. The van der Waals surface area contributed by atoms with Gasteiger partial charge in [-0.2, -0.15) is 0 Å². The number of benzene rings is 1. The molecule has 20 heavy (non-hydrogen) atoms. The number of carbonyl (C=O) groups excluding carboxylic acids is 1. The van der Waals surface area contributed by atoms with Gasteiger partial charge in [0.2, 0.25) is 0 Å². The molecule has 3 nitrogen and oxygen atoms in total. The van der Waals surface area contributed by atoms with Crippen molar-refractivity contribution in [3.63, 3.8) is 0 Å². The molecule has 0 saturated carbocycles. The molecule has 2 rings (SSSR count). The first-order valence-corrected chi connectivity index (χ1v) is 7.17. The fraction of sp³-hybridized carbons (Fsp3) is 0.562. The minimum absolute atomic E-state index is 0. The van der Waals surface area contributed by atoms with E-state index < -0.39 is 0 Å². The van der Waals surface area contributed by atoms with Gasteiger partial charge in [0.1, 0.15) is 0 Å². The Balaban J connectivity index is 0.00000200. The highest BCUT2D eigenvalue weighted by molar-refractivity contribution is 5.89. The summed E-state index contributed by atoms with van der Waals surface area (Å²) in [5.41, 5.74) is 1.94. The van der Waals surface area contributed by atoms with Crippen LogP contribution in [0.3, 0.4) is 0 Å². The van der Waals surface area contributed by atoms with Crippen LogP contribution in [0, 0.1) is 5.92 Å². The zero-order valence-corrected chi connectivity index (χ0v) is 12.9. The van der Waals surface area contributed by atoms with Crippen LogP contribution < -0.4 is 5.32 Å². The van der Waals surface area contributed by atoms with E-state index in [1.165, 1.54) is 51.4 Å². The van der Waals surface area contributed by atoms with Gasteiger partial charge in [0.05, 0.1) is 12.7 Å². The van der Waals surface area contributed by atoms with E-state index in [1.807, 2.05) is 24.3 Å². The van der Waals surface area contributed by atoms with Crippen molar-refractivity contribution >= 4 is 18.4 Å². The van der Waals surface area contributed by atoms with Gasteiger partial charge in [-0.3, -0.25) is 0 Å². The quantitative estimate of drug-likeness (QED) is 0.848. The fourth-order valence-electron chi connectivity index (χ4n) is 2.69. The van der Waals surface area contributed by atoms with Crippen molar-refractivity contribution in [2.75, 3.05) is 20.2 Å². The zero-order chi connectivity index (χ0) is 13.5. The Kier molecular flexibility index (Phi) is 7.63. The molecule has 1 aliphatic heterocycles. The highest BCUT2D eigenvalue weighted by Gasteiger charge is 2.12. The van der Waals surface area contributed by atoms with Crippen molar-refractivity contribution in [3.05, 3.63) is 35.4 Å². The van der Waals surface area contributed by atoms with Crippen LogP contribution in [-0.4, -0.2) is 26.2 Å². The van der Waals surface area contributed by atoms with Crippen molar-refractivity contribution in [2.24, 2.45) is 5.92 Å². The van der Waals surface area contributed by atoms with Crippen LogP contribution in [0.2, 0.25) is 0 Å². The predicted octanol–water partition coefficient (Wildman–Crippen LogP) is 3.22. The third-order valence-electron chi connectivity index (χ3n) is 3.91. The molecule has 0 radical (unpaired) electrons. The van der Waals surface area contributed by atoms with Crippen LogP contribution in [0.25, 0.3) is 0 Å². The molecule has 0 atom stereocenters. The molecular formula is C16H24ClNO2. The van der Waals surface area contributed by atoms with Crippen molar-refractivity contribution < 1.29 is 9.53 Å². The summed E-state index contributed by atoms with van der Waals surface area (Å²) in [6.07, 6.45) is 6.30. The van der Waals surface area contributed by atoms with E-state index >= 15 is 0 Å². The van der Waals surface area contributed by atoms with Crippen molar-refractivity contribution in [2.45, 2.75) is 32.1 Å². The summed E-state index contributed by atoms with van der Waals surface area (Å²) in [6.45, 7) is 2.36. The number of halogens is 1. The Morgan fingerprint density at radius 3 is 2.50 bits per heavy atom. The second-order valence-corrected chi connectivity index (χ2v) is 5.27. The minimum Gasteiger partial charge on any atom is -0.465 e. The molecular weight excluding hydrogens is 274 g/mol. The first-order valence-electron chi connectivity index (χ1n) is 7.17. The molecule has 1 N–H and O–H groups in total. The van der Waals surface area contributed by atoms with Gasteiger partial charge in [-0.05, 0) is 62.4 Å². The third kappa shape index (κ3) is 5.14. The number of piperidine rings is 1. The van der Waals surface area contributed by atoms with Gasteiger partial charge in [0.15, 0.2) is 0 Å². The fourth-order valence-corrected chi connectivity index (χ4v) is 2.69. The summed E-state index contributed by atoms with van der Waals surface area (Å²) in [5.74, 6) is 0.636. The summed E-state index contributed by atoms with van der Waals surface area (Å²) >= 11 is 0. The largest absolute Gasteiger partial charge is 0.465 e. The molecule has 1 fully saturated rings. The predicted molar refractivity (Wildman–Crippen MR) is 83.6 cm³/mol. The lowest BCUT2D eigenvalue weighted by atomic mass is 9.91. The standard InChI is InChI=1S/C16H23NO2.ClH/c1-19-16(18)15-7-5-13(6-8-15)3-2-4-14-9-11-17-12-10-14;/h5-8,14,17H,2-4,9-12H2,1H3;1H. The molecule has 1 heterocycles. The van der Waals surface area contributed by atoms with Crippen LogP contribution >= 0.6 is 12.4 Å². The van der Waals surface area contributed by atoms with Gasteiger partial charge in [0.25, 0.3) is 0 Å². The Bertz CT molecular complexity index is 399. The smallest absolute Gasteiger partial charge is 0.337 e. The van der Waals surface area contributed by atoms with Gasteiger partial charge in [0, 0.05) is 0 Å². The van der Waals surface area contributed by atoms with E-state index in [0.717, 1.165) is 12.3 Å². The van der Waals surface area contributed by atoms with Gasteiger partial charge in [-0.15, -0.1) is 12.4 Å². The number of methoxy groups -OCH3 is 1. The van der Waals surface area contributed by atoms with E-state index in [4.69, 9.17) is 4.74 Å². The van der Waals surface area contributed by atoms with E-state index in [-0.39, 0.29) is 18.4 Å². The summed E-state index contributed by atoms with van der Waals surface area (Å²) < 4.78 is 4.69. The van der Waals surface area contributed by atoms with Crippen molar-refractivity contribution in [1.82, 2.24) is 5.32 Å². The second kappa shape index (κ2) is 8.98. The maximum atomic E-state index is 11.3. The molecule has 0 spiro atoms. The van der Waals surface area contributed by atoms with Crippen molar-refractivity contribution in [3.8, 4) is 0 Å². The average Bonchev–Trinajstić information content (AvgIpc) is 2.48. The Morgan fingerprint density at radius 1 is 1.25 bits per heavy atom. The van der Waals surface area contributed by atoms with Gasteiger partial charge in [-0.25, -0.2) is 4.79 Å². The van der Waals surface area contributed by atoms with Gasteiger partial charge >= 0.3 is 5.97 Å². The molecule has 1 aliphatic rings. The number of hydrogen-bond acceptors (Lipinski definition) is 3. The molecule has 1 aromatic rings. The van der Waals surface area contributed by atoms with Crippen LogP contribution in [0.1, 0.15) is 41.6 Å². The van der Waals surface area contributed by atoms with E-state index in [1.54, 1.807) is 0 Å². The lowest BCUT2D eigenvalue weighted by Gasteiger charge is -2.22. The first-order chi connectivity index (χ1) is 9.29. The monoisotopic (exact) mass is 297 g/mol. The molecule has 0 aliphatic carbocycles. The van der Waals surface area contributed by atoms with Crippen LogP contribution in [-0.2, 0) is 11.2 Å². The summed E-state index contributed by atoms with van der Waals surface area (Å²) in [5, 5.41) is 3.40. The van der Waals surface area contributed by atoms with E-state index in [0.29, 0.717) is 5.56 Å². The second-order valence-electron chi connectivity index (χ2n) is 5.27. The van der Waals surface area contributed by atoms with Gasteiger partial charge in [-0.1, -0.05) is 18.6 Å². The number of esters is 1. The Morgan fingerprint density at radius 2 is 1.90 bits per heavy atom. The van der Waals surface area contributed by atoms with Crippen molar-refractivity contribution in [1.29, 1.82) is 0 Å². The lowest BCUT2D eigenvalue weighted by molar-refractivity contribution is 0.0600. The van der Waals surface area contributed by atoms with Crippen LogP contribution in [0.4, 0.5) is 0 Å². The summed E-state index contributed by atoms with van der Waals surface area (Å²) in [6, 6.07) is 7.78. The SMILES string of the molecule is COC(=O)c1ccc(CCCC2CCNCC2)cc1.Cl. The molecule has 0 bridgehead atoms. The maximum Gasteiger partial charge on any atom is 0.337 e. The number of carbonyl (C=O) groups is 1. The third-order valence-corrected chi connectivity index (χ3v) is 3.91. The molecule has 112 valence electrons. The van der Waals surface area contributed by atoms with Crippen LogP contribution in [0.15, 0.2) is 24.3 Å². The molecule has 0 amide bonds. The Labute approximate surface area is 127 Å². The number of ether oxygens (including phenoxy) is 1. The Hall–Kier alpha value is -1.06. The topological polar surface area (TPSA) is 38.3 Å². The molecule has 1 aromatic carbocycles.